The molecule has 94 valence electrons. The molecule has 0 aliphatic carbocycles. The van der Waals surface area contributed by atoms with Gasteiger partial charge in [0.1, 0.15) is 5.75 Å². The zero-order valence-corrected chi connectivity index (χ0v) is 11.1. The first kappa shape index (κ1) is 12.4. The summed E-state index contributed by atoms with van der Waals surface area (Å²) >= 11 is 2.02. The maximum atomic E-state index is 5.87. The molecule has 1 aliphatic heterocycles. The molecule has 1 unspecified atom stereocenters. The molecule has 1 atom stereocenters. The molecule has 1 heterocycles. The maximum absolute atomic E-state index is 5.87. The highest BCUT2D eigenvalue weighted by Gasteiger charge is 2.13. The molecular formula is C13H20N2OS. The fourth-order valence-corrected chi connectivity index (χ4v) is 3.12. The van der Waals surface area contributed by atoms with E-state index in [0.717, 1.165) is 17.1 Å². The Morgan fingerprint density at radius 2 is 2.35 bits per heavy atom. The summed E-state index contributed by atoms with van der Waals surface area (Å²) in [7, 11) is 0. The molecule has 1 aromatic carbocycles. The van der Waals surface area contributed by atoms with E-state index < -0.39 is 0 Å². The van der Waals surface area contributed by atoms with Crippen LogP contribution < -0.4 is 15.8 Å². The van der Waals surface area contributed by atoms with Crippen LogP contribution in [0, 0.1) is 0 Å². The van der Waals surface area contributed by atoms with Crippen LogP contribution in [-0.4, -0.2) is 24.2 Å². The lowest BCUT2D eigenvalue weighted by Crippen LogP contribution is -2.25. The van der Waals surface area contributed by atoms with E-state index in [1.807, 2.05) is 36.9 Å². The molecule has 0 saturated carbocycles. The van der Waals surface area contributed by atoms with Gasteiger partial charge in [-0.25, -0.2) is 0 Å². The molecule has 0 spiro atoms. The Morgan fingerprint density at radius 3 is 3.06 bits per heavy atom. The Balaban J connectivity index is 2.03. The minimum absolute atomic E-state index is 0.560. The van der Waals surface area contributed by atoms with Crippen LogP contribution in [0.1, 0.15) is 19.8 Å². The smallest absolute Gasteiger partial charge is 0.123 e. The molecule has 4 heteroatoms. The van der Waals surface area contributed by atoms with Crippen LogP contribution >= 0.6 is 11.8 Å². The molecule has 3 nitrogen and oxygen atoms in total. The summed E-state index contributed by atoms with van der Waals surface area (Å²) in [6, 6.07) is 6.43. The summed E-state index contributed by atoms with van der Waals surface area (Å²) in [6.45, 7) is 2.65. The molecular weight excluding hydrogens is 232 g/mol. The quantitative estimate of drug-likeness (QED) is 0.809. The molecule has 0 aromatic heterocycles. The second-order valence-electron chi connectivity index (χ2n) is 4.28. The lowest BCUT2D eigenvalue weighted by atomic mass is 10.1. The average Bonchev–Trinajstić information content (AvgIpc) is 2.30. The molecule has 1 fully saturated rings. The Hall–Kier alpha value is -1.03. The van der Waals surface area contributed by atoms with Gasteiger partial charge in [0.25, 0.3) is 0 Å². The fraction of sp³-hybridized carbons (Fsp3) is 0.538. The predicted molar refractivity (Wildman–Crippen MR) is 76.0 cm³/mol. The van der Waals surface area contributed by atoms with E-state index in [0.29, 0.717) is 12.6 Å². The molecule has 1 aliphatic rings. The van der Waals surface area contributed by atoms with Crippen molar-refractivity contribution in [3.63, 3.8) is 0 Å². The number of hydrogen-bond acceptors (Lipinski definition) is 4. The third-order valence-electron chi connectivity index (χ3n) is 2.77. The van der Waals surface area contributed by atoms with Gasteiger partial charge in [-0.1, -0.05) is 0 Å². The zero-order valence-electron chi connectivity index (χ0n) is 10.2. The van der Waals surface area contributed by atoms with Gasteiger partial charge in [0, 0.05) is 35.3 Å². The summed E-state index contributed by atoms with van der Waals surface area (Å²) in [4.78, 5) is 0. The monoisotopic (exact) mass is 252 g/mol. The SMILES string of the molecule is CCOc1cc(N)cc(NC2CCCSC2)c1. The number of benzene rings is 1. The summed E-state index contributed by atoms with van der Waals surface area (Å²) in [5.41, 5.74) is 7.69. The van der Waals surface area contributed by atoms with Gasteiger partial charge in [-0.15, -0.1) is 0 Å². The number of nitrogen functional groups attached to an aromatic ring is 1. The fourth-order valence-electron chi connectivity index (χ4n) is 2.05. The zero-order chi connectivity index (χ0) is 12.1. The van der Waals surface area contributed by atoms with Gasteiger partial charge in [-0.3, -0.25) is 0 Å². The first-order chi connectivity index (χ1) is 8.28. The van der Waals surface area contributed by atoms with Crippen LogP contribution in [-0.2, 0) is 0 Å². The molecule has 1 saturated heterocycles. The van der Waals surface area contributed by atoms with Gasteiger partial charge in [-0.05, 0) is 31.6 Å². The maximum Gasteiger partial charge on any atom is 0.123 e. The van der Waals surface area contributed by atoms with Gasteiger partial charge in [0.2, 0.25) is 0 Å². The normalized spacial score (nSPS) is 19.9. The number of anilines is 2. The topological polar surface area (TPSA) is 47.3 Å². The Bertz CT molecular complexity index is 364. The first-order valence-electron chi connectivity index (χ1n) is 6.15. The molecule has 0 bridgehead atoms. The first-order valence-corrected chi connectivity index (χ1v) is 7.31. The number of nitrogens with one attached hydrogen (secondary N) is 1. The summed E-state index contributed by atoms with van der Waals surface area (Å²) < 4.78 is 5.49. The van der Waals surface area contributed by atoms with Gasteiger partial charge in [0.15, 0.2) is 0 Å². The lowest BCUT2D eigenvalue weighted by molar-refractivity contribution is 0.340. The van der Waals surface area contributed by atoms with Crippen molar-refractivity contribution in [3.05, 3.63) is 18.2 Å². The van der Waals surface area contributed by atoms with Crippen molar-refractivity contribution in [2.24, 2.45) is 0 Å². The Labute approximate surface area is 107 Å². The molecule has 1 aromatic rings. The van der Waals surface area contributed by atoms with E-state index >= 15 is 0 Å². The van der Waals surface area contributed by atoms with E-state index in [2.05, 4.69) is 5.32 Å². The van der Waals surface area contributed by atoms with Crippen LogP contribution in [0.5, 0.6) is 5.75 Å². The largest absolute Gasteiger partial charge is 0.494 e. The highest BCUT2D eigenvalue weighted by atomic mass is 32.2. The lowest BCUT2D eigenvalue weighted by Gasteiger charge is -2.24. The highest BCUT2D eigenvalue weighted by Crippen LogP contribution is 2.26. The molecule has 0 amide bonds. The number of nitrogens with two attached hydrogens (primary N) is 1. The molecule has 0 radical (unpaired) electrons. The third-order valence-corrected chi connectivity index (χ3v) is 3.99. The van der Waals surface area contributed by atoms with Crippen LogP contribution in [0.2, 0.25) is 0 Å². The van der Waals surface area contributed by atoms with Gasteiger partial charge in [-0.2, -0.15) is 11.8 Å². The number of rotatable bonds is 4. The molecule has 2 rings (SSSR count). The second kappa shape index (κ2) is 6.05. The highest BCUT2D eigenvalue weighted by molar-refractivity contribution is 7.99. The van der Waals surface area contributed by atoms with Crippen molar-refractivity contribution in [2.75, 3.05) is 29.2 Å². The van der Waals surface area contributed by atoms with Crippen molar-refractivity contribution in [1.29, 1.82) is 0 Å². The van der Waals surface area contributed by atoms with Gasteiger partial charge < -0.3 is 15.8 Å². The van der Waals surface area contributed by atoms with E-state index in [1.54, 1.807) is 0 Å². The summed E-state index contributed by atoms with van der Waals surface area (Å²) in [5, 5.41) is 3.54. The average molecular weight is 252 g/mol. The van der Waals surface area contributed by atoms with Crippen LogP contribution in [0.25, 0.3) is 0 Å². The van der Waals surface area contributed by atoms with Gasteiger partial charge >= 0.3 is 0 Å². The van der Waals surface area contributed by atoms with Crippen molar-refractivity contribution in [3.8, 4) is 5.75 Å². The molecule has 17 heavy (non-hydrogen) atoms. The summed E-state index contributed by atoms with van der Waals surface area (Å²) in [5.74, 6) is 3.32. The summed E-state index contributed by atoms with van der Waals surface area (Å²) in [6.07, 6.45) is 2.54. The van der Waals surface area contributed by atoms with Crippen LogP contribution in [0.4, 0.5) is 11.4 Å². The van der Waals surface area contributed by atoms with Crippen molar-refractivity contribution in [1.82, 2.24) is 0 Å². The van der Waals surface area contributed by atoms with E-state index in [4.69, 9.17) is 10.5 Å². The van der Waals surface area contributed by atoms with Crippen molar-refractivity contribution in [2.45, 2.75) is 25.8 Å². The van der Waals surface area contributed by atoms with Crippen molar-refractivity contribution < 1.29 is 4.74 Å². The van der Waals surface area contributed by atoms with Crippen LogP contribution in [0.15, 0.2) is 18.2 Å². The van der Waals surface area contributed by atoms with E-state index in [1.165, 1.54) is 24.3 Å². The number of hydrogen-bond donors (Lipinski definition) is 2. The Morgan fingerprint density at radius 1 is 1.47 bits per heavy atom. The minimum Gasteiger partial charge on any atom is -0.494 e. The van der Waals surface area contributed by atoms with E-state index in [9.17, 15) is 0 Å². The predicted octanol–water partition coefficient (Wildman–Crippen LogP) is 2.98. The van der Waals surface area contributed by atoms with Gasteiger partial charge in [0.05, 0.1) is 6.61 Å². The Kier molecular flexibility index (Phi) is 4.42. The van der Waals surface area contributed by atoms with Crippen LogP contribution in [0.3, 0.4) is 0 Å². The standard InChI is InChI=1S/C13H20N2OS/c1-2-16-13-7-10(14)6-12(8-13)15-11-4-3-5-17-9-11/h6-8,11,15H,2-5,9,14H2,1H3. The third kappa shape index (κ3) is 3.73. The van der Waals surface area contributed by atoms with E-state index in [-0.39, 0.29) is 0 Å². The molecule has 3 N–H and O–H groups in total. The minimum atomic E-state index is 0.560. The van der Waals surface area contributed by atoms with Crippen molar-refractivity contribution >= 4 is 23.1 Å². The number of thioether (sulfide) groups is 1. The number of ether oxygens (including phenoxy) is 1. The second-order valence-corrected chi connectivity index (χ2v) is 5.43.